The van der Waals surface area contributed by atoms with Crippen LogP contribution in [0.25, 0.3) is 16.3 Å². The summed E-state index contributed by atoms with van der Waals surface area (Å²) in [5.74, 6) is -0.145. The number of benzene rings is 3. The zero-order chi connectivity index (χ0) is 22.2. The zero-order valence-corrected chi connectivity index (χ0v) is 17.9. The van der Waals surface area contributed by atoms with Gasteiger partial charge in [0.05, 0.1) is 18.4 Å². The first-order chi connectivity index (χ1) is 15.5. The van der Waals surface area contributed by atoms with Crippen molar-refractivity contribution in [2.24, 2.45) is 0 Å². The lowest BCUT2D eigenvalue weighted by molar-refractivity contribution is -0.137. The van der Waals surface area contributed by atoms with E-state index in [-0.39, 0.29) is 24.1 Å². The van der Waals surface area contributed by atoms with Gasteiger partial charge in [-0.2, -0.15) is 0 Å². The maximum atomic E-state index is 13.5. The Morgan fingerprint density at radius 1 is 0.875 bits per heavy atom. The van der Waals surface area contributed by atoms with Crippen molar-refractivity contribution in [3.63, 3.8) is 0 Å². The van der Waals surface area contributed by atoms with E-state index in [1.807, 2.05) is 74.5 Å². The molecule has 5 heteroatoms. The third kappa shape index (κ3) is 3.38. The highest BCUT2D eigenvalue weighted by Gasteiger charge is 2.40. The highest BCUT2D eigenvalue weighted by Crippen LogP contribution is 2.35. The molecule has 1 aliphatic heterocycles. The molecule has 1 aromatic heterocycles. The van der Waals surface area contributed by atoms with E-state index < -0.39 is 0 Å². The van der Waals surface area contributed by atoms with Crippen LogP contribution in [0.15, 0.2) is 89.2 Å². The number of anilines is 1. The minimum Gasteiger partial charge on any atom is -0.467 e. The average Bonchev–Trinajstić information content (AvgIpc) is 3.38. The van der Waals surface area contributed by atoms with Gasteiger partial charge in [0.15, 0.2) is 0 Å². The van der Waals surface area contributed by atoms with Crippen molar-refractivity contribution in [2.75, 3.05) is 5.32 Å². The Bertz CT molecular complexity index is 1380. The molecule has 1 aliphatic rings. The molecule has 2 heterocycles. The minimum atomic E-state index is -0.366. The molecule has 0 aliphatic carbocycles. The fourth-order valence-electron chi connectivity index (χ4n) is 4.21. The molecular weight excluding hydrogens is 400 g/mol. The predicted molar refractivity (Wildman–Crippen MR) is 125 cm³/mol. The molecule has 5 nitrogen and oxygen atoms in total. The summed E-state index contributed by atoms with van der Waals surface area (Å²) in [6, 6.07) is 23.2. The van der Waals surface area contributed by atoms with E-state index in [0.29, 0.717) is 11.3 Å². The van der Waals surface area contributed by atoms with Crippen molar-refractivity contribution in [1.29, 1.82) is 0 Å². The lowest BCUT2D eigenvalue weighted by atomic mass is 9.97. The summed E-state index contributed by atoms with van der Waals surface area (Å²) in [6.07, 6.45) is 1.54. The van der Waals surface area contributed by atoms with Gasteiger partial charge in [-0.3, -0.25) is 14.5 Å². The molecule has 2 amide bonds. The van der Waals surface area contributed by atoms with Crippen LogP contribution in [0.3, 0.4) is 0 Å². The van der Waals surface area contributed by atoms with Gasteiger partial charge in [0.1, 0.15) is 11.5 Å². The number of amides is 2. The molecule has 5 rings (SSSR count). The summed E-state index contributed by atoms with van der Waals surface area (Å²) in [7, 11) is 0. The van der Waals surface area contributed by atoms with Crippen molar-refractivity contribution in [2.45, 2.75) is 20.4 Å². The van der Waals surface area contributed by atoms with Gasteiger partial charge in [0.2, 0.25) is 0 Å². The van der Waals surface area contributed by atoms with Crippen LogP contribution in [-0.4, -0.2) is 16.7 Å². The normalized spacial score (nSPS) is 14.0. The molecule has 0 saturated heterocycles. The summed E-state index contributed by atoms with van der Waals surface area (Å²) in [5, 5.41) is 5.33. The molecule has 158 valence electrons. The number of carbonyl (C=O) groups excluding carboxylic acids is 2. The van der Waals surface area contributed by atoms with Crippen LogP contribution in [0.2, 0.25) is 0 Å². The standard InChI is InChI=1S/C27H22N2O3/c1-17-12-13-21(18(2)15-17)24-25(27(31)29(26(24)30)16-20-9-6-14-32-20)28-23-11-5-8-19-7-3-4-10-22(19)23/h3-15,28H,16H2,1-2H3. The van der Waals surface area contributed by atoms with Gasteiger partial charge in [-0.05, 0) is 48.6 Å². The van der Waals surface area contributed by atoms with Crippen molar-refractivity contribution in [1.82, 2.24) is 4.90 Å². The first-order valence-corrected chi connectivity index (χ1v) is 10.5. The van der Waals surface area contributed by atoms with Crippen molar-refractivity contribution in [3.05, 3.63) is 107 Å². The van der Waals surface area contributed by atoms with Crippen LogP contribution in [0.1, 0.15) is 22.5 Å². The fourth-order valence-corrected chi connectivity index (χ4v) is 4.21. The summed E-state index contributed by atoms with van der Waals surface area (Å²) < 4.78 is 5.40. The van der Waals surface area contributed by atoms with Gasteiger partial charge >= 0.3 is 0 Å². The second-order valence-corrected chi connectivity index (χ2v) is 8.00. The predicted octanol–water partition coefficient (Wildman–Crippen LogP) is 5.44. The van der Waals surface area contributed by atoms with E-state index in [0.717, 1.165) is 33.2 Å². The molecule has 0 saturated carbocycles. The molecule has 4 aromatic rings. The Morgan fingerprint density at radius 2 is 1.69 bits per heavy atom. The van der Waals surface area contributed by atoms with Crippen LogP contribution < -0.4 is 5.32 Å². The Labute approximate surface area is 186 Å². The van der Waals surface area contributed by atoms with Gasteiger partial charge in [-0.15, -0.1) is 0 Å². The quantitative estimate of drug-likeness (QED) is 0.435. The highest BCUT2D eigenvalue weighted by molar-refractivity contribution is 6.36. The number of hydrogen-bond donors (Lipinski definition) is 1. The maximum Gasteiger partial charge on any atom is 0.278 e. The lowest BCUT2D eigenvalue weighted by Gasteiger charge is -2.14. The molecule has 0 atom stereocenters. The lowest BCUT2D eigenvalue weighted by Crippen LogP contribution is -2.31. The third-order valence-electron chi connectivity index (χ3n) is 5.76. The van der Waals surface area contributed by atoms with Crippen molar-refractivity contribution >= 4 is 33.8 Å². The minimum absolute atomic E-state index is 0.0831. The van der Waals surface area contributed by atoms with E-state index in [2.05, 4.69) is 5.32 Å². The van der Waals surface area contributed by atoms with E-state index in [1.165, 1.54) is 11.2 Å². The van der Waals surface area contributed by atoms with Crippen LogP contribution >= 0.6 is 0 Å². The number of imide groups is 1. The van der Waals surface area contributed by atoms with Gasteiger partial charge in [-0.25, -0.2) is 0 Å². The number of rotatable bonds is 5. The van der Waals surface area contributed by atoms with Crippen LogP contribution in [0, 0.1) is 13.8 Å². The van der Waals surface area contributed by atoms with E-state index in [1.54, 1.807) is 12.1 Å². The number of furan rings is 1. The van der Waals surface area contributed by atoms with Gasteiger partial charge in [0, 0.05) is 11.1 Å². The molecule has 32 heavy (non-hydrogen) atoms. The van der Waals surface area contributed by atoms with Gasteiger partial charge < -0.3 is 9.73 Å². The topological polar surface area (TPSA) is 62.6 Å². The first-order valence-electron chi connectivity index (χ1n) is 10.5. The molecule has 0 radical (unpaired) electrons. The fraction of sp³-hybridized carbons (Fsp3) is 0.111. The SMILES string of the molecule is Cc1ccc(C2=C(Nc3cccc4ccccc34)C(=O)N(Cc3ccco3)C2=O)c(C)c1. The molecule has 0 spiro atoms. The molecule has 0 fully saturated rings. The monoisotopic (exact) mass is 422 g/mol. The summed E-state index contributed by atoms with van der Waals surface area (Å²) >= 11 is 0. The first kappa shape index (κ1) is 19.8. The number of hydrogen-bond acceptors (Lipinski definition) is 4. The summed E-state index contributed by atoms with van der Waals surface area (Å²) in [5.41, 5.74) is 4.23. The van der Waals surface area contributed by atoms with E-state index in [9.17, 15) is 9.59 Å². The van der Waals surface area contributed by atoms with Crippen LogP contribution in [0.5, 0.6) is 0 Å². The van der Waals surface area contributed by atoms with Crippen molar-refractivity contribution < 1.29 is 14.0 Å². The summed E-state index contributed by atoms with van der Waals surface area (Å²) in [4.78, 5) is 28.2. The smallest absolute Gasteiger partial charge is 0.278 e. The number of aryl methyl sites for hydroxylation is 2. The maximum absolute atomic E-state index is 13.5. The number of carbonyl (C=O) groups is 2. The van der Waals surface area contributed by atoms with E-state index in [4.69, 9.17) is 4.42 Å². The molecule has 1 N–H and O–H groups in total. The molecule has 3 aromatic carbocycles. The zero-order valence-electron chi connectivity index (χ0n) is 17.9. The average molecular weight is 422 g/mol. The number of fused-ring (bicyclic) bond motifs is 1. The second kappa shape index (κ2) is 7.85. The largest absolute Gasteiger partial charge is 0.467 e. The Kier molecular flexibility index (Phi) is 4.86. The number of nitrogens with one attached hydrogen (secondary N) is 1. The van der Waals surface area contributed by atoms with Gasteiger partial charge in [0.25, 0.3) is 11.8 Å². The third-order valence-corrected chi connectivity index (χ3v) is 5.76. The highest BCUT2D eigenvalue weighted by atomic mass is 16.3. The van der Waals surface area contributed by atoms with E-state index >= 15 is 0 Å². The number of nitrogens with zero attached hydrogens (tertiary/aromatic N) is 1. The molecular formula is C27H22N2O3. The molecule has 0 bridgehead atoms. The molecule has 0 unspecified atom stereocenters. The van der Waals surface area contributed by atoms with Crippen LogP contribution in [0.4, 0.5) is 5.69 Å². The Morgan fingerprint density at radius 3 is 2.47 bits per heavy atom. The Hall–Kier alpha value is -4.12. The Balaban J connectivity index is 1.64. The van der Waals surface area contributed by atoms with Crippen molar-refractivity contribution in [3.8, 4) is 0 Å². The van der Waals surface area contributed by atoms with Crippen LogP contribution in [-0.2, 0) is 16.1 Å². The van der Waals surface area contributed by atoms with Gasteiger partial charge in [-0.1, -0.05) is 60.2 Å². The summed E-state index contributed by atoms with van der Waals surface area (Å²) in [6.45, 7) is 4.04. The second-order valence-electron chi connectivity index (χ2n) is 8.00.